The van der Waals surface area contributed by atoms with Gasteiger partial charge in [0.25, 0.3) is 5.91 Å². The van der Waals surface area contributed by atoms with Crippen molar-refractivity contribution >= 4 is 34.6 Å². The molecule has 1 aliphatic heterocycles. The number of anilines is 1. The summed E-state index contributed by atoms with van der Waals surface area (Å²) >= 11 is 1.45. The third-order valence-corrected chi connectivity index (χ3v) is 5.25. The van der Waals surface area contributed by atoms with Crippen molar-refractivity contribution in [2.24, 2.45) is 4.99 Å². The predicted octanol–water partition coefficient (Wildman–Crippen LogP) is 3.86. The fourth-order valence-corrected chi connectivity index (χ4v) is 3.92. The van der Waals surface area contributed by atoms with Gasteiger partial charge in [-0.3, -0.25) is 14.7 Å². The van der Waals surface area contributed by atoms with E-state index in [1.54, 1.807) is 4.90 Å². The maximum absolute atomic E-state index is 12.7. The summed E-state index contributed by atoms with van der Waals surface area (Å²) in [5, 5.41) is 0.791. The summed E-state index contributed by atoms with van der Waals surface area (Å²) in [7, 11) is 4.05. The van der Waals surface area contributed by atoms with E-state index in [4.69, 9.17) is 0 Å². The Kier molecular flexibility index (Phi) is 5.52. The maximum atomic E-state index is 12.7. The number of aromatic nitrogens is 1. The molecule has 0 aliphatic carbocycles. The smallest absolute Gasteiger partial charge is 0.266 e. The lowest BCUT2D eigenvalue weighted by Crippen LogP contribution is -2.28. The van der Waals surface area contributed by atoms with Crippen LogP contribution in [0.4, 0.5) is 5.69 Å². The Morgan fingerprint density at radius 2 is 1.88 bits per heavy atom. The molecule has 26 heavy (non-hydrogen) atoms. The van der Waals surface area contributed by atoms with E-state index >= 15 is 0 Å². The zero-order valence-corrected chi connectivity index (χ0v) is 16.5. The number of amides is 1. The number of nitrogens with zero attached hydrogens (tertiary/aromatic N) is 4. The van der Waals surface area contributed by atoms with Crippen molar-refractivity contribution in [1.29, 1.82) is 0 Å². The third-order valence-electron chi connectivity index (χ3n) is 4.20. The highest BCUT2D eigenvalue weighted by atomic mass is 32.2. The van der Waals surface area contributed by atoms with Gasteiger partial charge in [0, 0.05) is 50.5 Å². The normalized spacial score (nSPS) is 17.5. The number of carbonyl (C=O) groups excluding carboxylic acids is 1. The van der Waals surface area contributed by atoms with E-state index in [2.05, 4.69) is 38.7 Å². The van der Waals surface area contributed by atoms with Crippen LogP contribution in [0, 0.1) is 0 Å². The summed E-state index contributed by atoms with van der Waals surface area (Å²) in [6.07, 6.45) is 3.97. The van der Waals surface area contributed by atoms with Gasteiger partial charge in [0.1, 0.15) is 0 Å². The second-order valence-corrected chi connectivity index (χ2v) is 7.14. The molecule has 0 N–H and O–H groups in total. The number of benzene rings is 1. The number of hydrogen-bond donors (Lipinski definition) is 0. The molecule has 136 valence electrons. The lowest BCUT2D eigenvalue weighted by atomic mass is 10.2. The highest BCUT2D eigenvalue weighted by Crippen LogP contribution is 2.32. The van der Waals surface area contributed by atoms with E-state index < -0.39 is 0 Å². The number of aliphatic imine (C=N–C) groups is 1. The molecule has 0 spiro atoms. The number of likely N-dealkylation sites (N-methyl/N-ethyl adjacent to an activating group) is 1. The summed E-state index contributed by atoms with van der Waals surface area (Å²) in [6, 6.07) is 12.4. The average Bonchev–Trinajstić information content (AvgIpc) is 3.20. The Morgan fingerprint density at radius 1 is 1.15 bits per heavy atom. The van der Waals surface area contributed by atoms with Crippen LogP contribution >= 0.6 is 11.8 Å². The minimum Gasteiger partial charge on any atom is -0.378 e. The van der Waals surface area contributed by atoms with E-state index in [1.807, 2.05) is 52.3 Å². The first-order valence-electron chi connectivity index (χ1n) is 8.76. The summed E-state index contributed by atoms with van der Waals surface area (Å²) in [5.74, 6) is 0.0282. The number of thioether (sulfide) groups is 1. The van der Waals surface area contributed by atoms with Crippen molar-refractivity contribution in [3.63, 3.8) is 0 Å². The lowest BCUT2D eigenvalue weighted by Gasteiger charge is -2.14. The van der Waals surface area contributed by atoms with Crippen LogP contribution in [0.25, 0.3) is 11.8 Å². The molecule has 1 aromatic heterocycles. The van der Waals surface area contributed by atoms with Gasteiger partial charge in [-0.05, 0) is 68.1 Å². The number of hydrogen-bond acceptors (Lipinski definition) is 4. The van der Waals surface area contributed by atoms with Crippen LogP contribution in [-0.4, -0.2) is 47.7 Å². The first kappa shape index (κ1) is 18.3. The molecule has 3 rings (SSSR count). The molecule has 2 heterocycles. The number of amidine groups is 1. The molecule has 0 atom stereocenters. The van der Waals surface area contributed by atoms with Gasteiger partial charge >= 0.3 is 0 Å². The van der Waals surface area contributed by atoms with Gasteiger partial charge in [0.05, 0.1) is 4.91 Å². The van der Waals surface area contributed by atoms with Gasteiger partial charge in [0.15, 0.2) is 5.17 Å². The van der Waals surface area contributed by atoms with Crippen LogP contribution in [-0.2, 0) is 4.79 Å². The molecule has 0 unspecified atom stereocenters. The first-order valence-corrected chi connectivity index (χ1v) is 9.57. The van der Waals surface area contributed by atoms with Gasteiger partial charge in [-0.1, -0.05) is 0 Å². The van der Waals surface area contributed by atoms with Crippen molar-refractivity contribution in [3.8, 4) is 5.69 Å². The van der Waals surface area contributed by atoms with Crippen LogP contribution in [0.15, 0.2) is 52.5 Å². The van der Waals surface area contributed by atoms with Crippen molar-refractivity contribution in [2.75, 3.05) is 32.1 Å². The Bertz CT molecular complexity index is 849. The molecule has 1 aliphatic rings. The van der Waals surface area contributed by atoms with Crippen LogP contribution in [0.5, 0.6) is 0 Å². The number of rotatable bonds is 5. The van der Waals surface area contributed by atoms with E-state index in [9.17, 15) is 4.79 Å². The lowest BCUT2D eigenvalue weighted by molar-refractivity contribution is -0.122. The molecule has 6 heteroatoms. The first-order chi connectivity index (χ1) is 12.5. The Balaban J connectivity index is 1.93. The molecule has 1 aromatic carbocycles. The van der Waals surface area contributed by atoms with E-state index in [-0.39, 0.29) is 5.91 Å². The molecule has 0 radical (unpaired) electrons. The zero-order valence-electron chi connectivity index (χ0n) is 15.6. The third kappa shape index (κ3) is 3.55. The predicted molar refractivity (Wildman–Crippen MR) is 111 cm³/mol. The Hall–Kier alpha value is -2.47. The van der Waals surface area contributed by atoms with Crippen LogP contribution < -0.4 is 4.90 Å². The second-order valence-electron chi connectivity index (χ2n) is 6.13. The quantitative estimate of drug-likeness (QED) is 0.753. The molecule has 2 aromatic rings. The average molecular weight is 369 g/mol. The van der Waals surface area contributed by atoms with Crippen molar-refractivity contribution in [2.45, 2.75) is 13.8 Å². The maximum Gasteiger partial charge on any atom is 0.266 e. The SMILES string of the molecule is CCN=C1S/C(=C/c2cccn2-c2ccc(N(C)C)cc2)C(=O)N1CC. The van der Waals surface area contributed by atoms with E-state index in [0.717, 1.165) is 22.2 Å². The summed E-state index contributed by atoms with van der Waals surface area (Å²) < 4.78 is 2.09. The fourth-order valence-electron chi connectivity index (χ4n) is 2.83. The Morgan fingerprint density at radius 3 is 2.50 bits per heavy atom. The molecular weight excluding hydrogens is 344 g/mol. The standard InChI is InChI=1S/C20H24N4OS/c1-5-21-20-23(6-2)19(25)18(26-20)14-17-8-7-13-24(17)16-11-9-15(10-12-16)22(3)4/h7-14H,5-6H2,1-4H3/b18-14+,21-20?. The van der Waals surface area contributed by atoms with Crippen molar-refractivity contribution in [3.05, 3.63) is 53.2 Å². The van der Waals surface area contributed by atoms with Gasteiger partial charge < -0.3 is 9.47 Å². The van der Waals surface area contributed by atoms with Gasteiger partial charge in [0.2, 0.25) is 0 Å². The minimum atomic E-state index is 0.0282. The zero-order chi connectivity index (χ0) is 18.7. The molecule has 5 nitrogen and oxygen atoms in total. The fraction of sp³-hybridized carbons (Fsp3) is 0.300. The second kappa shape index (κ2) is 7.83. The Labute approximate surface area is 159 Å². The monoisotopic (exact) mass is 368 g/mol. The van der Waals surface area contributed by atoms with Crippen molar-refractivity contribution in [1.82, 2.24) is 9.47 Å². The summed E-state index contributed by atoms with van der Waals surface area (Å²) in [4.78, 5) is 21.6. The van der Waals surface area contributed by atoms with Crippen LogP contribution in [0.2, 0.25) is 0 Å². The molecule has 1 saturated heterocycles. The van der Waals surface area contributed by atoms with Crippen LogP contribution in [0.3, 0.4) is 0 Å². The summed E-state index contributed by atoms with van der Waals surface area (Å²) in [6.45, 7) is 5.26. The molecule has 0 bridgehead atoms. The molecule has 0 saturated carbocycles. The van der Waals surface area contributed by atoms with Crippen molar-refractivity contribution < 1.29 is 4.79 Å². The highest BCUT2D eigenvalue weighted by Gasteiger charge is 2.32. The molecule has 1 fully saturated rings. The topological polar surface area (TPSA) is 40.8 Å². The number of carbonyl (C=O) groups is 1. The highest BCUT2D eigenvalue weighted by molar-refractivity contribution is 8.18. The minimum absolute atomic E-state index is 0.0282. The van der Waals surface area contributed by atoms with Gasteiger partial charge in [-0.25, -0.2) is 0 Å². The van der Waals surface area contributed by atoms with Gasteiger partial charge in [-0.2, -0.15) is 0 Å². The molecule has 1 amide bonds. The molecular formula is C20H24N4OS. The van der Waals surface area contributed by atoms with E-state index in [0.29, 0.717) is 18.0 Å². The van der Waals surface area contributed by atoms with E-state index in [1.165, 1.54) is 11.8 Å². The van der Waals surface area contributed by atoms with Crippen LogP contribution in [0.1, 0.15) is 19.5 Å². The largest absolute Gasteiger partial charge is 0.378 e. The van der Waals surface area contributed by atoms with Gasteiger partial charge in [-0.15, -0.1) is 0 Å². The summed E-state index contributed by atoms with van der Waals surface area (Å²) in [5.41, 5.74) is 3.20.